The Kier molecular flexibility index (Phi) is 2.75. The molecule has 3 rings (SSSR count). The number of nitrogens with zero attached hydrogens (tertiary/aromatic N) is 3. The highest BCUT2D eigenvalue weighted by Gasteiger charge is 2.13. The van der Waals surface area contributed by atoms with Gasteiger partial charge in [-0.25, -0.2) is 0 Å². The number of benzene rings is 1. The average Bonchev–Trinajstić information content (AvgIpc) is 3.02. The van der Waals surface area contributed by atoms with E-state index in [-0.39, 0.29) is 5.91 Å². The van der Waals surface area contributed by atoms with Crippen molar-refractivity contribution in [1.29, 1.82) is 0 Å². The van der Waals surface area contributed by atoms with Gasteiger partial charge in [0.05, 0.1) is 17.8 Å². The molecular formula is C13H13N5O. The van der Waals surface area contributed by atoms with Crippen molar-refractivity contribution in [3.05, 3.63) is 47.9 Å². The highest BCUT2D eigenvalue weighted by atomic mass is 16.1. The van der Waals surface area contributed by atoms with E-state index in [0.29, 0.717) is 12.2 Å². The van der Waals surface area contributed by atoms with Gasteiger partial charge in [-0.15, -0.1) is 0 Å². The standard InChI is InChI=1S/C13H13N5O/c1-18-7-6-9(17-18)8-14-13(19)12-10-4-2-3-5-11(10)15-16-12/h2-7H,8H2,1H3,(H,14,19)(H,15,16). The van der Waals surface area contributed by atoms with Crippen LogP contribution in [0.2, 0.25) is 0 Å². The number of fused-ring (bicyclic) bond motifs is 1. The van der Waals surface area contributed by atoms with Crippen LogP contribution in [0.4, 0.5) is 0 Å². The number of para-hydroxylation sites is 1. The molecule has 6 nitrogen and oxygen atoms in total. The Morgan fingerprint density at radius 3 is 3.00 bits per heavy atom. The summed E-state index contributed by atoms with van der Waals surface area (Å²) in [6.07, 6.45) is 1.84. The second kappa shape index (κ2) is 4.56. The van der Waals surface area contributed by atoms with Crippen molar-refractivity contribution in [2.75, 3.05) is 0 Å². The fourth-order valence-corrected chi connectivity index (χ4v) is 1.95. The van der Waals surface area contributed by atoms with Gasteiger partial charge in [0.1, 0.15) is 0 Å². The van der Waals surface area contributed by atoms with E-state index in [1.807, 2.05) is 43.6 Å². The first-order valence-electron chi connectivity index (χ1n) is 5.94. The van der Waals surface area contributed by atoms with E-state index in [9.17, 15) is 4.79 Å². The molecule has 19 heavy (non-hydrogen) atoms. The van der Waals surface area contributed by atoms with Crippen molar-refractivity contribution < 1.29 is 4.79 Å². The van der Waals surface area contributed by atoms with Crippen LogP contribution in [0.3, 0.4) is 0 Å². The van der Waals surface area contributed by atoms with E-state index < -0.39 is 0 Å². The molecule has 0 fully saturated rings. The molecule has 1 amide bonds. The molecule has 6 heteroatoms. The van der Waals surface area contributed by atoms with Crippen LogP contribution in [0.1, 0.15) is 16.2 Å². The van der Waals surface area contributed by atoms with Crippen LogP contribution < -0.4 is 5.32 Å². The monoisotopic (exact) mass is 255 g/mol. The summed E-state index contributed by atoms with van der Waals surface area (Å²) in [5.41, 5.74) is 2.08. The lowest BCUT2D eigenvalue weighted by molar-refractivity contribution is 0.0947. The third kappa shape index (κ3) is 2.20. The minimum absolute atomic E-state index is 0.205. The molecule has 0 aliphatic carbocycles. The van der Waals surface area contributed by atoms with Crippen molar-refractivity contribution >= 4 is 16.8 Å². The lowest BCUT2D eigenvalue weighted by atomic mass is 10.2. The number of nitrogens with one attached hydrogen (secondary N) is 2. The minimum atomic E-state index is -0.205. The van der Waals surface area contributed by atoms with Crippen LogP contribution in [0.25, 0.3) is 10.9 Å². The summed E-state index contributed by atoms with van der Waals surface area (Å²) in [5, 5.41) is 14.7. The highest BCUT2D eigenvalue weighted by molar-refractivity contribution is 6.04. The molecule has 0 saturated heterocycles. The molecule has 1 aromatic carbocycles. The highest BCUT2D eigenvalue weighted by Crippen LogP contribution is 2.14. The Hall–Kier alpha value is -2.63. The summed E-state index contributed by atoms with van der Waals surface area (Å²) >= 11 is 0. The first-order chi connectivity index (χ1) is 9.24. The summed E-state index contributed by atoms with van der Waals surface area (Å²) in [6, 6.07) is 9.40. The van der Waals surface area contributed by atoms with Gasteiger partial charge in [0.2, 0.25) is 0 Å². The van der Waals surface area contributed by atoms with E-state index >= 15 is 0 Å². The number of aryl methyl sites for hydroxylation is 1. The van der Waals surface area contributed by atoms with Crippen LogP contribution in [0, 0.1) is 0 Å². The number of carbonyl (C=O) groups is 1. The average molecular weight is 255 g/mol. The van der Waals surface area contributed by atoms with Crippen molar-refractivity contribution in [3.8, 4) is 0 Å². The van der Waals surface area contributed by atoms with Crippen LogP contribution in [0.15, 0.2) is 36.5 Å². The second-order valence-corrected chi connectivity index (χ2v) is 4.28. The lowest BCUT2D eigenvalue weighted by Gasteiger charge is -2.00. The molecule has 2 aromatic heterocycles. The van der Waals surface area contributed by atoms with Gasteiger partial charge in [0.25, 0.3) is 5.91 Å². The van der Waals surface area contributed by atoms with Gasteiger partial charge in [0.15, 0.2) is 5.69 Å². The number of amides is 1. The zero-order valence-corrected chi connectivity index (χ0v) is 10.4. The number of aromatic amines is 1. The smallest absolute Gasteiger partial charge is 0.272 e. The molecule has 0 aliphatic rings. The topological polar surface area (TPSA) is 75.6 Å². The molecule has 0 saturated carbocycles. The number of H-pyrrole nitrogens is 1. The number of carbonyl (C=O) groups excluding carboxylic acids is 1. The molecular weight excluding hydrogens is 242 g/mol. The fraction of sp³-hybridized carbons (Fsp3) is 0.154. The SMILES string of the molecule is Cn1ccc(CNC(=O)c2n[nH]c3ccccc23)n1. The zero-order valence-electron chi connectivity index (χ0n) is 10.4. The maximum atomic E-state index is 12.1. The summed E-state index contributed by atoms with van der Waals surface area (Å²) < 4.78 is 1.70. The normalized spacial score (nSPS) is 10.8. The number of hydrogen-bond acceptors (Lipinski definition) is 3. The van der Waals surface area contributed by atoms with Crippen molar-refractivity contribution in [1.82, 2.24) is 25.3 Å². The Balaban J connectivity index is 1.77. The van der Waals surface area contributed by atoms with Crippen LogP contribution in [-0.4, -0.2) is 25.9 Å². The quantitative estimate of drug-likeness (QED) is 0.739. The van der Waals surface area contributed by atoms with Gasteiger partial charge >= 0.3 is 0 Å². The molecule has 0 spiro atoms. The first-order valence-corrected chi connectivity index (χ1v) is 5.94. The summed E-state index contributed by atoms with van der Waals surface area (Å²) in [5.74, 6) is -0.205. The maximum Gasteiger partial charge on any atom is 0.272 e. The van der Waals surface area contributed by atoms with Gasteiger partial charge in [0, 0.05) is 18.6 Å². The summed E-state index contributed by atoms with van der Waals surface area (Å²) in [4.78, 5) is 12.1. The maximum absolute atomic E-state index is 12.1. The predicted molar refractivity (Wildman–Crippen MR) is 70.5 cm³/mol. The Bertz CT molecular complexity index is 727. The predicted octanol–water partition coefficient (Wildman–Crippen LogP) is 1.23. The van der Waals surface area contributed by atoms with Crippen molar-refractivity contribution in [2.45, 2.75) is 6.54 Å². The van der Waals surface area contributed by atoms with E-state index in [4.69, 9.17) is 0 Å². The van der Waals surface area contributed by atoms with Crippen LogP contribution in [0.5, 0.6) is 0 Å². The lowest BCUT2D eigenvalue weighted by Crippen LogP contribution is -2.23. The number of aromatic nitrogens is 4. The third-order valence-corrected chi connectivity index (χ3v) is 2.88. The fourth-order valence-electron chi connectivity index (χ4n) is 1.95. The zero-order chi connectivity index (χ0) is 13.2. The Morgan fingerprint density at radius 2 is 2.21 bits per heavy atom. The molecule has 0 atom stereocenters. The van der Waals surface area contributed by atoms with E-state index in [1.54, 1.807) is 4.68 Å². The summed E-state index contributed by atoms with van der Waals surface area (Å²) in [6.45, 7) is 0.390. The summed E-state index contributed by atoms with van der Waals surface area (Å²) in [7, 11) is 1.84. The van der Waals surface area contributed by atoms with Gasteiger partial charge in [-0.3, -0.25) is 14.6 Å². The van der Waals surface area contributed by atoms with Gasteiger partial charge in [-0.2, -0.15) is 10.2 Å². The Labute approximate surface area is 109 Å². The number of rotatable bonds is 3. The van der Waals surface area contributed by atoms with Gasteiger partial charge < -0.3 is 5.32 Å². The van der Waals surface area contributed by atoms with Crippen LogP contribution >= 0.6 is 0 Å². The molecule has 2 N–H and O–H groups in total. The van der Waals surface area contributed by atoms with E-state index in [0.717, 1.165) is 16.6 Å². The van der Waals surface area contributed by atoms with Gasteiger partial charge in [-0.1, -0.05) is 18.2 Å². The molecule has 96 valence electrons. The largest absolute Gasteiger partial charge is 0.345 e. The molecule has 3 aromatic rings. The van der Waals surface area contributed by atoms with Gasteiger partial charge in [-0.05, 0) is 12.1 Å². The Morgan fingerprint density at radius 1 is 1.37 bits per heavy atom. The van der Waals surface area contributed by atoms with Crippen molar-refractivity contribution in [2.24, 2.45) is 7.05 Å². The molecule has 0 radical (unpaired) electrons. The molecule has 0 bridgehead atoms. The van der Waals surface area contributed by atoms with Crippen LogP contribution in [-0.2, 0) is 13.6 Å². The third-order valence-electron chi connectivity index (χ3n) is 2.88. The molecule has 0 unspecified atom stereocenters. The number of hydrogen-bond donors (Lipinski definition) is 2. The minimum Gasteiger partial charge on any atom is -0.345 e. The van der Waals surface area contributed by atoms with Crippen molar-refractivity contribution in [3.63, 3.8) is 0 Å². The molecule has 0 aliphatic heterocycles. The molecule has 2 heterocycles. The van der Waals surface area contributed by atoms with E-state index in [2.05, 4.69) is 20.6 Å². The first kappa shape index (κ1) is 11.5. The second-order valence-electron chi connectivity index (χ2n) is 4.28. The van der Waals surface area contributed by atoms with E-state index in [1.165, 1.54) is 0 Å².